The van der Waals surface area contributed by atoms with Gasteiger partial charge in [0.25, 0.3) is 0 Å². The van der Waals surface area contributed by atoms with Crippen LogP contribution in [0, 0.1) is 5.41 Å². The molecule has 2 aliphatic heterocycles. The highest BCUT2D eigenvalue weighted by atomic mass is 28.4. The summed E-state index contributed by atoms with van der Waals surface area (Å²) in [6, 6.07) is 17.7. The van der Waals surface area contributed by atoms with Gasteiger partial charge in [0, 0.05) is 25.7 Å². The fourth-order valence-corrected chi connectivity index (χ4v) is 7.35. The van der Waals surface area contributed by atoms with Crippen LogP contribution >= 0.6 is 0 Å². The van der Waals surface area contributed by atoms with Gasteiger partial charge in [-0.15, -0.1) is 0 Å². The Bertz CT molecular complexity index is 1680. The highest BCUT2D eigenvalue weighted by molar-refractivity contribution is 6.74. The maximum atomic E-state index is 12.7. The lowest BCUT2D eigenvalue weighted by molar-refractivity contribution is -0.339. The second-order valence-electron chi connectivity index (χ2n) is 15.1. The van der Waals surface area contributed by atoms with Crippen LogP contribution in [0.5, 0.6) is 0 Å². The number of esters is 2. The van der Waals surface area contributed by atoms with Crippen LogP contribution < -0.4 is 0 Å². The van der Waals surface area contributed by atoms with Gasteiger partial charge in [-0.25, -0.2) is 0 Å². The average Bonchev–Trinajstić information content (AvgIpc) is 3.12. The molecule has 2 saturated heterocycles. The Kier molecular flexibility index (Phi) is 18.0. The molecule has 0 bridgehead atoms. The third kappa shape index (κ3) is 13.8. The summed E-state index contributed by atoms with van der Waals surface area (Å²) < 4.78 is 56.4. The third-order valence-electron chi connectivity index (χ3n) is 9.63. The minimum absolute atomic E-state index is 0.00402. The molecule has 2 heterocycles. The molecular formula is C39H54N4O13Si. The van der Waals surface area contributed by atoms with Crippen LogP contribution in [0.15, 0.2) is 65.8 Å². The second-order valence-corrected chi connectivity index (χ2v) is 19.8. The van der Waals surface area contributed by atoms with Crippen LogP contribution in [0.4, 0.5) is 0 Å². The summed E-state index contributed by atoms with van der Waals surface area (Å²) in [7, 11) is -2.58. The van der Waals surface area contributed by atoms with Crippen molar-refractivity contribution >= 4 is 32.3 Å². The van der Waals surface area contributed by atoms with Gasteiger partial charge in [-0.2, -0.15) is 9.59 Å². The van der Waals surface area contributed by atoms with E-state index in [1.54, 1.807) is 6.92 Å². The highest BCUT2D eigenvalue weighted by Crippen LogP contribution is 2.41. The van der Waals surface area contributed by atoms with Crippen molar-refractivity contribution in [2.24, 2.45) is 5.11 Å². The molecular weight excluding hydrogens is 761 g/mol. The van der Waals surface area contributed by atoms with E-state index < -0.39 is 81.6 Å². The summed E-state index contributed by atoms with van der Waals surface area (Å²) in [5, 5.41) is 11.8. The van der Waals surface area contributed by atoms with Gasteiger partial charge in [-0.1, -0.05) is 86.5 Å². The summed E-state index contributed by atoms with van der Waals surface area (Å²) >= 11 is 0. The molecule has 2 fully saturated rings. The molecule has 0 spiro atoms. The zero-order chi connectivity index (χ0) is 42.3. The highest BCUT2D eigenvalue weighted by Gasteiger charge is 2.56. The Morgan fingerprint density at radius 1 is 0.825 bits per heavy atom. The number of hydrogen-bond donors (Lipinski definition) is 1. The van der Waals surface area contributed by atoms with Crippen molar-refractivity contribution in [1.82, 2.24) is 0 Å². The SMILES string of the molecule is CC(=N)O[C@@H]1OC(C)[C@@H](O[C@@H]2OC(COCc3ccccc3)[C@H](O[Si](C)(C)C(C)(C)C)C(OC(C)=O)[C@@H]2N=[N+]=[N-])C(OCc2ccccc2)[C@@H]1OC(C)=O.O=C=O. The van der Waals surface area contributed by atoms with Gasteiger partial charge < -0.3 is 42.3 Å². The first-order valence-corrected chi connectivity index (χ1v) is 21.3. The fourth-order valence-electron chi connectivity index (χ4n) is 6.03. The van der Waals surface area contributed by atoms with Crippen molar-refractivity contribution in [2.75, 3.05) is 6.61 Å². The van der Waals surface area contributed by atoms with Crippen LogP contribution in [0.3, 0.4) is 0 Å². The summed E-state index contributed by atoms with van der Waals surface area (Å²) in [4.78, 5) is 44.5. The lowest BCUT2D eigenvalue weighted by Gasteiger charge is -2.50. The molecule has 2 aliphatic rings. The van der Waals surface area contributed by atoms with Crippen molar-refractivity contribution in [3.8, 4) is 0 Å². The molecule has 0 saturated carbocycles. The van der Waals surface area contributed by atoms with Gasteiger partial charge in [-0.3, -0.25) is 15.0 Å². The van der Waals surface area contributed by atoms with E-state index in [1.165, 1.54) is 20.8 Å². The molecule has 312 valence electrons. The van der Waals surface area contributed by atoms with Gasteiger partial charge in [0.2, 0.25) is 6.29 Å². The molecule has 4 rings (SSSR count). The van der Waals surface area contributed by atoms with E-state index in [0.29, 0.717) is 0 Å². The van der Waals surface area contributed by atoms with E-state index in [9.17, 15) is 15.1 Å². The van der Waals surface area contributed by atoms with Crippen LogP contribution in [0.2, 0.25) is 18.1 Å². The lowest BCUT2D eigenvalue weighted by atomic mass is 9.95. The van der Waals surface area contributed by atoms with Crippen LogP contribution in [0.1, 0.15) is 59.6 Å². The largest absolute Gasteiger partial charge is 0.459 e. The standard InChI is InChI=1S/C38H54N4O11Si.CO2/c1-23-31(34(46-21-28-18-14-11-15-19-28)35(50-26(4)44)37(47-23)48-24(2)39)52-36-30(41-42-40)33(49-25(3)43)32(53-54(8,9)38(5,6)7)29(51-36)22-45-20-27-16-12-10-13-17-27;2-1-3/h10-19,23,29-37,39H,20-22H2,1-9H3;/t23?,29?,30-,31+,32-,33?,34?,35-,36-,37-;/m0./s1. The molecule has 2 aromatic rings. The van der Waals surface area contributed by atoms with Crippen molar-refractivity contribution in [1.29, 1.82) is 5.41 Å². The first kappa shape index (κ1) is 46.9. The van der Waals surface area contributed by atoms with E-state index in [2.05, 4.69) is 43.9 Å². The summed E-state index contributed by atoms with van der Waals surface area (Å²) in [5.74, 6) is -1.43. The van der Waals surface area contributed by atoms with Crippen LogP contribution in [-0.4, -0.2) is 100 Å². The van der Waals surface area contributed by atoms with Gasteiger partial charge in [-0.05, 0) is 41.7 Å². The number of carbonyl (C=O) groups is 2. The Morgan fingerprint density at radius 3 is 1.88 bits per heavy atom. The number of hydrogen-bond acceptors (Lipinski definition) is 15. The Morgan fingerprint density at radius 2 is 1.37 bits per heavy atom. The molecule has 18 heteroatoms. The van der Waals surface area contributed by atoms with Crippen LogP contribution in [0.25, 0.3) is 10.4 Å². The van der Waals surface area contributed by atoms with Gasteiger partial charge in [0.05, 0.1) is 25.9 Å². The quantitative estimate of drug-likeness (QED) is 0.0414. The molecule has 57 heavy (non-hydrogen) atoms. The molecule has 1 N–H and O–H groups in total. The zero-order valence-corrected chi connectivity index (χ0v) is 34.8. The zero-order valence-electron chi connectivity index (χ0n) is 33.8. The lowest BCUT2D eigenvalue weighted by Crippen LogP contribution is -2.66. The van der Waals surface area contributed by atoms with Gasteiger partial charge >= 0.3 is 18.1 Å². The van der Waals surface area contributed by atoms with Crippen molar-refractivity contribution in [2.45, 2.75) is 141 Å². The first-order chi connectivity index (χ1) is 26.9. The Labute approximate surface area is 333 Å². The van der Waals surface area contributed by atoms with Crippen molar-refractivity contribution in [3.63, 3.8) is 0 Å². The number of rotatable bonds is 15. The average molecular weight is 815 g/mol. The molecule has 10 atom stereocenters. The minimum Gasteiger partial charge on any atom is -0.459 e. The van der Waals surface area contributed by atoms with Gasteiger partial charge in [0.1, 0.15) is 36.6 Å². The monoisotopic (exact) mass is 814 g/mol. The van der Waals surface area contributed by atoms with Crippen molar-refractivity contribution in [3.05, 3.63) is 82.2 Å². The first-order valence-electron chi connectivity index (χ1n) is 18.4. The second kappa shape index (κ2) is 21.9. The molecule has 0 amide bonds. The van der Waals surface area contributed by atoms with E-state index in [-0.39, 0.29) is 36.9 Å². The molecule has 0 aromatic heterocycles. The number of ether oxygens (including phenoxy) is 8. The number of benzene rings is 2. The number of carbonyl (C=O) groups excluding carboxylic acids is 4. The van der Waals surface area contributed by atoms with E-state index >= 15 is 0 Å². The molecule has 17 nitrogen and oxygen atoms in total. The summed E-state index contributed by atoms with van der Waals surface area (Å²) in [6.07, 6.45) is -9.32. The smallest absolute Gasteiger partial charge is 0.373 e. The van der Waals surface area contributed by atoms with E-state index in [0.717, 1.165) is 11.1 Å². The van der Waals surface area contributed by atoms with Crippen molar-refractivity contribution < 1.29 is 61.5 Å². The molecule has 4 unspecified atom stereocenters. The molecule has 2 aromatic carbocycles. The number of azide groups is 1. The predicted molar refractivity (Wildman–Crippen MR) is 205 cm³/mol. The summed E-state index contributed by atoms with van der Waals surface area (Å²) in [6.45, 7) is 16.4. The van der Waals surface area contributed by atoms with Crippen LogP contribution in [-0.2, 0) is 74.7 Å². The maximum Gasteiger partial charge on any atom is 0.373 e. The minimum atomic E-state index is -2.58. The van der Waals surface area contributed by atoms with E-state index in [1.807, 2.05) is 60.7 Å². The molecule has 0 radical (unpaired) electrons. The molecule has 0 aliphatic carbocycles. The normalized spacial score (nSPS) is 27.3. The Balaban J connectivity index is 0.00000281. The summed E-state index contributed by atoms with van der Waals surface area (Å²) in [5.41, 5.74) is 11.6. The Hall–Kier alpha value is -4.48. The third-order valence-corrected chi connectivity index (χ3v) is 14.1. The van der Waals surface area contributed by atoms with E-state index in [4.69, 9.17) is 57.3 Å². The predicted octanol–water partition coefficient (Wildman–Crippen LogP) is 6.01. The number of nitrogens with one attached hydrogen (secondary N) is 1. The maximum absolute atomic E-state index is 12.7. The number of nitrogens with zero attached hydrogens (tertiary/aromatic N) is 3. The fraction of sp³-hybridized carbons (Fsp3) is 0.590. The topological polar surface area (TPSA) is 224 Å². The van der Waals surface area contributed by atoms with Gasteiger partial charge in [0.15, 0.2) is 26.6 Å².